The zero-order chi connectivity index (χ0) is 24.8. The number of aromatic nitrogens is 2. The van der Waals surface area contributed by atoms with Crippen LogP contribution in [0.3, 0.4) is 0 Å². The second-order valence-electron chi connectivity index (χ2n) is 8.02. The van der Waals surface area contributed by atoms with E-state index in [1.807, 2.05) is 57.2 Å². The van der Waals surface area contributed by atoms with Crippen LogP contribution in [0, 0.1) is 0 Å². The summed E-state index contributed by atoms with van der Waals surface area (Å²) < 4.78 is 16.7. The average molecular weight is 497 g/mol. The van der Waals surface area contributed by atoms with E-state index in [4.69, 9.17) is 25.6 Å². The second kappa shape index (κ2) is 11.4. The largest absolute Gasteiger partial charge is 0.494 e. The molecule has 1 atom stereocenters. The van der Waals surface area contributed by atoms with Crippen molar-refractivity contribution in [3.05, 3.63) is 70.7 Å². The molecule has 0 saturated carbocycles. The lowest BCUT2D eigenvalue weighted by Crippen LogP contribution is -2.46. The van der Waals surface area contributed by atoms with E-state index in [9.17, 15) is 4.79 Å². The van der Waals surface area contributed by atoms with Crippen molar-refractivity contribution >= 4 is 23.2 Å². The van der Waals surface area contributed by atoms with Crippen LogP contribution in [-0.4, -0.2) is 47.4 Å². The summed E-state index contributed by atoms with van der Waals surface area (Å²) in [6.07, 6.45) is 0.707. The molecule has 1 aliphatic heterocycles. The van der Waals surface area contributed by atoms with Gasteiger partial charge in [-0.25, -0.2) is 4.79 Å². The van der Waals surface area contributed by atoms with E-state index < -0.39 is 6.04 Å². The molecular weight excluding hydrogens is 468 g/mol. The monoisotopic (exact) mass is 496 g/mol. The quantitative estimate of drug-likeness (QED) is 0.361. The van der Waals surface area contributed by atoms with Gasteiger partial charge in [0.2, 0.25) is 5.82 Å². The van der Waals surface area contributed by atoms with Gasteiger partial charge in [-0.2, -0.15) is 4.98 Å². The summed E-state index contributed by atoms with van der Waals surface area (Å²) in [7, 11) is 0. The van der Waals surface area contributed by atoms with Gasteiger partial charge in [-0.3, -0.25) is 4.90 Å². The number of hydrogen-bond acceptors (Lipinski definition) is 6. The highest BCUT2D eigenvalue weighted by molar-refractivity contribution is 6.30. The molecular formula is C26H29ClN4O4. The van der Waals surface area contributed by atoms with Crippen LogP contribution in [0.2, 0.25) is 5.02 Å². The average Bonchev–Trinajstić information content (AvgIpc) is 3.34. The van der Waals surface area contributed by atoms with Gasteiger partial charge in [0.05, 0.1) is 18.2 Å². The fourth-order valence-electron chi connectivity index (χ4n) is 4.02. The van der Waals surface area contributed by atoms with Crippen molar-refractivity contribution in [2.75, 3.05) is 26.4 Å². The molecule has 3 aromatic rings. The zero-order valence-corrected chi connectivity index (χ0v) is 20.8. The highest BCUT2D eigenvalue weighted by Gasteiger charge is 2.35. The molecule has 0 aliphatic carbocycles. The van der Waals surface area contributed by atoms with Gasteiger partial charge >= 0.3 is 6.03 Å². The van der Waals surface area contributed by atoms with Crippen molar-refractivity contribution in [1.29, 1.82) is 0 Å². The molecule has 4 rings (SSSR count). The Morgan fingerprint density at radius 2 is 1.83 bits per heavy atom. The number of carbonyl (C=O) groups excluding carboxylic acids is 1. The number of nitrogens with one attached hydrogen (secondary N) is 1. The smallest absolute Gasteiger partial charge is 0.322 e. The van der Waals surface area contributed by atoms with E-state index in [1.54, 1.807) is 17.0 Å². The number of allylic oxidation sites excluding steroid dienone is 1. The third-order valence-electron chi connectivity index (χ3n) is 5.75. The summed E-state index contributed by atoms with van der Waals surface area (Å²) in [4.78, 5) is 19.4. The third kappa shape index (κ3) is 5.66. The van der Waals surface area contributed by atoms with Gasteiger partial charge < -0.3 is 19.3 Å². The number of halogens is 1. The Morgan fingerprint density at radius 3 is 2.51 bits per heavy atom. The molecule has 2 heterocycles. The van der Waals surface area contributed by atoms with Crippen molar-refractivity contribution in [1.82, 2.24) is 20.4 Å². The molecule has 1 aromatic heterocycles. The molecule has 1 unspecified atom stereocenters. The maximum absolute atomic E-state index is 13.0. The standard InChI is InChI=1S/C26H29ClN4O4/c1-4-33-16-6-15-31-17(3)22(23(28-26(31)32)18-7-11-20(27)12-8-18)25-29-24(30-35-25)19-9-13-21(14-10-19)34-5-2/h7-14,23H,4-6,15-16H2,1-3H3,(H,28,32). The number of hydrogen-bond donors (Lipinski definition) is 1. The van der Waals surface area contributed by atoms with Crippen LogP contribution in [0.5, 0.6) is 5.75 Å². The Kier molecular flexibility index (Phi) is 8.05. The number of nitrogens with zero attached hydrogens (tertiary/aromatic N) is 3. The molecule has 0 spiro atoms. The Labute approximate surface area is 209 Å². The normalized spacial score (nSPS) is 15.9. The molecule has 35 heavy (non-hydrogen) atoms. The predicted molar refractivity (Wildman–Crippen MR) is 134 cm³/mol. The molecule has 8 nitrogen and oxygen atoms in total. The van der Waals surface area contributed by atoms with Gasteiger partial charge in [0.1, 0.15) is 5.75 Å². The van der Waals surface area contributed by atoms with E-state index in [-0.39, 0.29) is 6.03 Å². The fraction of sp³-hybridized carbons (Fsp3) is 0.346. The third-order valence-corrected chi connectivity index (χ3v) is 6.01. The molecule has 2 amide bonds. The maximum Gasteiger partial charge on any atom is 0.322 e. The summed E-state index contributed by atoms with van der Waals surface area (Å²) in [6, 6.07) is 14.2. The highest BCUT2D eigenvalue weighted by atomic mass is 35.5. The van der Waals surface area contributed by atoms with Crippen LogP contribution in [0.15, 0.2) is 58.8 Å². The summed E-state index contributed by atoms with van der Waals surface area (Å²) in [5.41, 5.74) is 3.17. The molecule has 0 radical (unpaired) electrons. The lowest BCUT2D eigenvalue weighted by molar-refractivity contribution is 0.136. The van der Waals surface area contributed by atoms with Gasteiger partial charge in [-0.1, -0.05) is 28.9 Å². The SMILES string of the molecule is CCOCCCN1C(=O)NC(c2ccc(Cl)cc2)C(c2nc(-c3ccc(OCC)cc3)no2)=C1C. The van der Waals surface area contributed by atoms with E-state index >= 15 is 0 Å². The molecule has 184 valence electrons. The van der Waals surface area contributed by atoms with Crippen LogP contribution in [0.25, 0.3) is 17.0 Å². The first-order chi connectivity index (χ1) is 17.0. The van der Waals surface area contributed by atoms with E-state index in [2.05, 4.69) is 15.5 Å². The van der Waals surface area contributed by atoms with Crippen molar-refractivity contribution in [2.45, 2.75) is 33.2 Å². The van der Waals surface area contributed by atoms with E-state index in [1.165, 1.54) is 0 Å². The minimum atomic E-state index is -0.462. The molecule has 0 fully saturated rings. The first kappa shape index (κ1) is 24.8. The van der Waals surface area contributed by atoms with E-state index in [0.717, 1.165) is 28.1 Å². The summed E-state index contributed by atoms with van der Waals surface area (Å²) in [5.74, 6) is 1.58. The second-order valence-corrected chi connectivity index (χ2v) is 8.45. The minimum absolute atomic E-state index is 0.186. The number of carbonyl (C=O) groups is 1. The Morgan fingerprint density at radius 1 is 1.09 bits per heavy atom. The van der Waals surface area contributed by atoms with Gasteiger partial charge in [-0.15, -0.1) is 0 Å². The number of rotatable bonds is 10. The first-order valence-corrected chi connectivity index (χ1v) is 12.1. The van der Waals surface area contributed by atoms with Crippen LogP contribution in [-0.2, 0) is 4.74 Å². The molecule has 2 aromatic carbocycles. The number of benzene rings is 2. The van der Waals surface area contributed by atoms with Crippen LogP contribution >= 0.6 is 11.6 Å². The maximum atomic E-state index is 13.0. The Hall–Kier alpha value is -3.36. The van der Waals surface area contributed by atoms with Gasteiger partial charge in [0, 0.05) is 36.0 Å². The van der Waals surface area contributed by atoms with Gasteiger partial charge in [-0.05, 0) is 69.2 Å². The Bertz CT molecular complexity index is 1170. The van der Waals surface area contributed by atoms with Crippen LogP contribution < -0.4 is 10.1 Å². The summed E-state index contributed by atoms with van der Waals surface area (Å²) >= 11 is 6.10. The molecule has 0 saturated heterocycles. The highest BCUT2D eigenvalue weighted by Crippen LogP contribution is 2.37. The zero-order valence-electron chi connectivity index (χ0n) is 20.1. The lowest BCUT2D eigenvalue weighted by Gasteiger charge is -2.35. The summed E-state index contributed by atoms with van der Waals surface area (Å²) in [6.45, 7) is 8.11. The number of ether oxygens (including phenoxy) is 2. The molecule has 0 bridgehead atoms. The molecule has 1 aliphatic rings. The molecule has 9 heteroatoms. The van der Waals surface area contributed by atoms with Crippen molar-refractivity contribution in [3.63, 3.8) is 0 Å². The minimum Gasteiger partial charge on any atom is -0.494 e. The van der Waals surface area contributed by atoms with Crippen molar-refractivity contribution in [3.8, 4) is 17.1 Å². The summed E-state index contributed by atoms with van der Waals surface area (Å²) in [5, 5.41) is 7.92. The van der Waals surface area contributed by atoms with Crippen molar-refractivity contribution < 1.29 is 18.8 Å². The topological polar surface area (TPSA) is 89.7 Å². The first-order valence-electron chi connectivity index (χ1n) is 11.7. The van der Waals surface area contributed by atoms with Gasteiger partial charge in [0.25, 0.3) is 5.89 Å². The van der Waals surface area contributed by atoms with Gasteiger partial charge in [0.15, 0.2) is 0 Å². The van der Waals surface area contributed by atoms with Crippen LogP contribution in [0.1, 0.15) is 44.7 Å². The van der Waals surface area contributed by atoms with Crippen LogP contribution in [0.4, 0.5) is 4.79 Å². The number of amides is 2. The molecule has 1 N–H and O–H groups in total. The number of urea groups is 1. The lowest BCUT2D eigenvalue weighted by atomic mass is 9.94. The van der Waals surface area contributed by atoms with E-state index in [0.29, 0.717) is 49.5 Å². The fourth-order valence-corrected chi connectivity index (χ4v) is 4.14. The Balaban J connectivity index is 1.69. The predicted octanol–water partition coefficient (Wildman–Crippen LogP) is 5.71. The van der Waals surface area contributed by atoms with Crippen molar-refractivity contribution in [2.24, 2.45) is 0 Å².